The fraction of sp³-hybridized carbons (Fsp3) is 0.667. The molecule has 3 heteroatoms. The third kappa shape index (κ3) is 1.81. The van der Waals surface area contributed by atoms with Gasteiger partial charge >= 0.3 is 0 Å². The molecule has 1 amide bonds. The van der Waals surface area contributed by atoms with Crippen LogP contribution in [0.4, 0.5) is 0 Å². The first-order valence-electron chi connectivity index (χ1n) is 4.07. The number of nitrogens with zero attached hydrogens (tertiary/aromatic N) is 1. The molecule has 1 heterocycles. The topological polar surface area (TPSA) is 20.3 Å². The van der Waals surface area contributed by atoms with Crippen molar-refractivity contribution in [3.63, 3.8) is 0 Å². The minimum absolute atomic E-state index is 0.0259. The van der Waals surface area contributed by atoms with Crippen molar-refractivity contribution in [3.8, 4) is 12.3 Å². The molecule has 0 saturated carbocycles. The van der Waals surface area contributed by atoms with E-state index in [2.05, 4.69) is 21.9 Å². The number of carbonyl (C=O) groups excluding carboxylic acids is 1. The van der Waals surface area contributed by atoms with Crippen LogP contribution < -0.4 is 0 Å². The molecule has 12 heavy (non-hydrogen) atoms. The Kier molecular flexibility index (Phi) is 3.16. The van der Waals surface area contributed by atoms with Gasteiger partial charge in [-0.3, -0.25) is 4.79 Å². The van der Waals surface area contributed by atoms with Gasteiger partial charge in [-0.25, -0.2) is 0 Å². The zero-order chi connectivity index (χ0) is 9.14. The molecule has 0 aromatic heterocycles. The van der Waals surface area contributed by atoms with Crippen LogP contribution in [-0.4, -0.2) is 28.2 Å². The zero-order valence-electron chi connectivity index (χ0n) is 7.09. The van der Waals surface area contributed by atoms with E-state index in [0.717, 1.165) is 19.4 Å². The molecule has 2 atom stereocenters. The number of rotatable bonds is 1. The smallest absolute Gasteiger partial charge is 0.237 e. The lowest BCUT2D eigenvalue weighted by Gasteiger charge is -2.32. The SMILES string of the molecule is C#CC(C)N1CCCC(Br)C1=O. The second-order valence-corrected chi connectivity index (χ2v) is 4.09. The standard InChI is InChI=1S/C9H12BrNO/c1-3-7(2)11-6-4-5-8(10)9(11)12/h1,7-8H,4-6H2,2H3. The Bertz CT molecular complexity index is 221. The maximum Gasteiger partial charge on any atom is 0.237 e. The lowest BCUT2D eigenvalue weighted by Crippen LogP contribution is -2.46. The van der Waals surface area contributed by atoms with Crippen LogP contribution >= 0.6 is 15.9 Å². The van der Waals surface area contributed by atoms with Crippen LogP contribution in [0.15, 0.2) is 0 Å². The Balaban J connectivity index is 2.65. The molecular formula is C9H12BrNO. The molecule has 0 N–H and O–H groups in total. The van der Waals surface area contributed by atoms with E-state index >= 15 is 0 Å². The number of hydrogen-bond acceptors (Lipinski definition) is 1. The van der Waals surface area contributed by atoms with Crippen molar-refractivity contribution >= 4 is 21.8 Å². The van der Waals surface area contributed by atoms with Crippen LogP contribution in [-0.2, 0) is 4.79 Å². The molecule has 0 aromatic rings. The Morgan fingerprint density at radius 1 is 1.83 bits per heavy atom. The van der Waals surface area contributed by atoms with E-state index in [1.54, 1.807) is 4.90 Å². The van der Waals surface area contributed by atoms with Crippen molar-refractivity contribution in [1.82, 2.24) is 4.90 Å². The lowest BCUT2D eigenvalue weighted by atomic mass is 10.1. The second kappa shape index (κ2) is 3.95. The van der Waals surface area contributed by atoms with Crippen LogP contribution in [0.3, 0.4) is 0 Å². The fourth-order valence-corrected chi connectivity index (χ4v) is 1.92. The van der Waals surface area contributed by atoms with Gasteiger partial charge in [0.1, 0.15) is 0 Å². The summed E-state index contributed by atoms with van der Waals surface area (Å²) in [5.41, 5.74) is 0. The maximum atomic E-state index is 11.5. The number of amides is 1. The summed E-state index contributed by atoms with van der Waals surface area (Å²) in [6, 6.07) is -0.0714. The summed E-state index contributed by atoms with van der Waals surface area (Å²) in [6.45, 7) is 2.68. The maximum absolute atomic E-state index is 11.5. The quantitative estimate of drug-likeness (QED) is 0.492. The first kappa shape index (κ1) is 9.60. The van der Waals surface area contributed by atoms with Gasteiger partial charge in [0, 0.05) is 6.54 Å². The number of terminal acetylenes is 1. The van der Waals surface area contributed by atoms with Gasteiger partial charge in [-0.1, -0.05) is 21.9 Å². The molecule has 0 aliphatic carbocycles. The molecule has 0 aromatic carbocycles. The predicted octanol–water partition coefficient (Wildman–Crippen LogP) is 1.39. The van der Waals surface area contributed by atoms with Gasteiger partial charge in [0.2, 0.25) is 5.91 Å². The van der Waals surface area contributed by atoms with E-state index in [-0.39, 0.29) is 16.8 Å². The number of halogens is 1. The summed E-state index contributed by atoms with van der Waals surface area (Å²) < 4.78 is 0. The molecular weight excluding hydrogens is 218 g/mol. The lowest BCUT2D eigenvalue weighted by molar-refractivity contribution is -0.133. The van der Waals surface area contributed by atoms with Gasteiger partial charge < -0.3 is 4.90 Å². The summed E-state index contributed by atoms with van der Waals surface area (Å²) in [5, 5.41) is 0. The Labute approximate surface area is 81.4 Å². The monoisotopic (exact) mass is 229 g/mol. The van der Waals surface area contributed by atoms with E-state index in [9.17, 15) is 4.79 Å². The molecule has 1 aliphatic rings. The Morgan fingerprint density at radius 2 is 2.50 bits per heavy atom. The molecule has 0 bridgehead atoms. The van der Waals surface area contributed by atoms with Crippen LogP contribution in [0.5, 0.6) is 0 Å². The normalized spacial score (nSPS) is 26.6. The summed E-state index contributed by atoms with van der Waals surface area (Å²) in [6.07, 6.45) is 7.21. The van der Waals surface area contributed by atoms with Gasteiger partial charge in [0.25, 0.3) is 0 Å². The minimum atomic E-state index is -0.0714. The van der Waals surface area contributed by atoms with Gasteiger partial charge in [-0.05, 0) is 19.8 Å². The van der Waals surface area contributed by atoms with Gasteiger partial charge in [0.15, 0.2) is 0 Å². The molecule has 0 radical (unpaired) electrons. The van der Waals surface area contributed by atoms with E-state index < -0.39 is 0 Å². The average molecular weight is 230 g/mol. The first-order valence-corrected chi connectivity index (χ1v) is 4.99. The number of alkyl halides is 1. The highest BCUT2D eigenvalue weighted by Crippen LogP contribution is 2.19. The van der Waals surface area contributed by atoms with Gasteiger partial charge in [0.05, 0.1) is 10.9 Å². The summed E-state index contributed by atoms with van der Waals surface area (Å²) in [5.74, 6) is 2.70. The summed E-state index contributed by atoms with van der Waals surface area (Å²) in [4.78, 5) is 13.2. The Hall–Kier alpha value is -0.490. The molecule has 0 spiro atoms. The minimum Gasteiger partial charge on any atom is -0.328 e. The molecule has 2 nitrogen and oxygen atoms in total. The fourth-order valence-electron chi connectivity index (χ4n) is 1.33. The van der Waals surface area contributed by atoms with Crippen LogP contribution in [0.1, 0.15) is 19.8 Å². The third-order valence-electron chi connectivity index (χ3n) is 2.12. The largest absolute Gasteiger partial charge is 0.328 e. The van der Waals surface area contributed by atoms with Crippen molar-refractivity contribution in [2.75, 3.05) is 6.54 Å². The molecule has 1 aliphatic heterocycles. The van der Waals surface area contributed by atoms with Crippen molar-refractivity contribution in [1.29, 1.82) is 0 Å². The zero-order valence-corrected chi connectivity index (χ0v) is 8.67. The molecule has 66 valence electrons. The highest BCUT2D eigenvalue weighted by Gasteiger charge is 2.28. The predicted molar refractivity (Wildman–Crippen MR) is 52.0 cm³/mol. The van der Waals surface area contributed by atoms with Crippen molar-refractivity contribution in [2.24, 2.45) is 0 Å². The van der Waals surface area contributed by atoms with Crippen molar-refractivity contribution in [3.05, 3.63) is 0 Å². The van der Waals surface area contributed by atoms with E-state index in [4.69, 9.17) is 6.42 Å². The number of likely N-dealkylation sites (tertiary alicyclic amines) is 1. The first-order chi connectivity index (χ1) is 5.66. The van der Waals surface area contributed by atoms with Gasteiger partial charge in [-0.2, -0.15) is 0 Å². The molecule has 1 saturated heterocycles. The average Bonchev–Trinajstić information content (AvgIpc) is 2.08. The number of hydrogen-bond donors (Lipinski definition) is 0. The van der Waals surface area contributed by atoms with Gasteiger partial charge in [-0.15, -0.1) is 6.42 Å². The highest BCUT2D eigenvalue weighted by molar-refractivity contribution is 9.10. The van der Waals surface area contributed by atoms with E-state index in [0.29, 0.717) is 0 Å². The highest BCUT2D eigenvalue weighted by atomic mass is 79.9. The Morgan fingerprint density at radius 3 is 3.08 bits per heavy atom. The molecule has 2 unspecified atom stereocenters. The van der Waals surface area contributed by atoms with Crippen molar-refractivity contribution in [2.45, 2.75) is 30.6 Å². The third-order valence-corrected chi connectivity index (χ3v) is 2.97. The van der Waals surface area contributed by atoms with E-state index in [1.807, 2.05) is 6.92 Å². The number of piperidine rings is 1. The van der Waals surface area contributed by atoms with Crippen LogP contribution in [0, 0.1) is 12.3 Å². The summed E-state index contributed by atoms with van der Waals surface area (Å²) >= 11 is 3.33. The van der Waals surface area contributed by atoms with Crippen LogP contribution in [0.2, 0.25) is 0 Å². The van der Waals surface area contributed by atoms with Crippen LogP contribution in [0.25, 0.3) is 0 Å². The molecule has 1 rings (SSSR count). The van der Waals surface area contributed by atoms with E-state index in [1.165, 1.54) is 0 Å². The second-order valence-electron chi connectivity index (χ2n) is 2.98. The van der Waals surface area contributed by atoms with Crippen molar-refractivity contribution < 1.29 is 4.79 Å². The summed E-state index contributed by atoms with van der Waals surface area (Å²) in [7, 11) is 0. The molecule has 1 fully saturated rings. The number of carbonyl (C=O) groups is 1.